The van der Waals surface area contributed by atoms with Crippen molar-refractivity contribution >= 4 is 23.2 Å². The molecule has 2 aromatic rings. The van der Waals surface area contributed by atoms with E-state index < -0.39 is 0 Å². The summed E-state index contributed by atoms with van der Waals surface area (Å²) in [6.07, 6.45) is 4.81. The van der Waals surface area contributed by atoms with E-state index in [1.54, 1.807) is 0 Å². The van der Waals surface area contributed by atoms with Crippen molar-refractivity contribution in [3.05, 3.63) is 58.6 Å². The van der Waals surface area contributed by atoms with Gasteiger partial charge in [0, 0.05) is 22.6 Å². The molecule has 1 saturated heterocycles. The summed E-state index contributed by atoms with van der Waals surface area (Å²) in [5.74, 6) is 1.75. The maximum atomic E-state index is 5.91. The number of nitrogens with zero attached hydrogens (tertiary/aromatic N) is 1. The van der Waals surface area contributed by atoms with Gasteiger partial charge >= 0.3 is 0 Å². The predicted molar refractivity (Wildman–Crippen MR) is 108 cm³/mol. The normalized spacial score (nSPS) is 17.8. The average Bonchev–Trinajstić information content (AvgIpc) is 2.66. The number of likely N-dealkylation sites (tertiary alicyclic amines) is 1. The summed E-state index contributed by atoms with van der Waals surface area (Å²) in [4.78, 5) is 2.53. The van der Waals surface area contributed by atoms with Crippen molar-refractivity contribution in [3.8, 4) is 11.5 Å². The van der Waals surface area contributed by atoms with Gasteiger partial charge in [-0.1, -0.05) is 29.6 Å². The zero-order valence-corrected chi connectivity index (χ0v) is 16.4. The van der Waals surface area contributed by atoms with Crippen LogP contribution in [0.5, 0.6) is 11.5 Å². The Bertz CT molecular complexity index is 601. The van der Waals surface area contributed by atoms with E-state index >= 15 is 0 Å². The zero-order chi connectivity index (χ0) is 18.2. The van der Waals surface area contributed by atoms with E-state index in [1.165, 1.54) is 19.3 Å². The first-order chi connectivity index (χ1) is 12.7. The number of rotatable bonds is 8. The summed E-state index contributed by atoms with van der Waals surface area (Å²) >= 11 is 11.8. The van der Waals surface area contributed by atoms with Gasteiger partial charge in [-0.3, -0.25) is 4.90 Å². The standard InChI is InChI=1S/C21H25Cl2NO2/c22-17-4-8-20(9-5-17)25-15-12-19-3-1-2-13-24(19)14-16-26-21-10-6-18(23)7-11-21/h4-11,19H,1-3,12-16H2. The molecule has 26 heavy (non-hydrogen) atoms. The van der Waals surface area contributed by atoms with Crippen LogP contribution in [0.3, 0.4) is 0 Å². The minimum Gasteiger partial charge on any atom is -0.494 e. The monoisotopic (exact) mass is 393 g/mol. The van der Waals surface area contributed by atoms with Crippen LogP contribution >= 0.6 is 23.2 Å². The molecule has 1 heterocycles. The third kappa shape index (κ3) is 6.08. The number of benzene rings is 2. The summed E-state index contributed by atoms with van der Waals surface area (Å²) in [6, 6.07) is 15.7. The predicted octanol–water partition coefficient (Wildman–Crippen LogP) is 5.70. The van der Waals surface area contributed by atoms with Crippen LogP contribution in [0.2, 0.25) is 10.0 Å². The number of ether oxygens (including phenoxy) is 2. The molecular formula is C21H25Cl2NO2. The highest BCUT2D eigenvalue weighted by Gasteiger charge is 2.22. The smallest absolute Gasteiger partial charge is 0.119 e. The average molecular weight is 394 g/mol. The summed E-state index contributed by atoms with van der Waals surface area (Å²) in [5.41, 5.74) is 0. The highest BCUT2D eigenvalue weighted by atomic mass is 35.5. The van der Waals surface area contributed by atoms with Crippen molar-refractivity contribution in [2.24, 2.45) is 0 Å². The first kappa shape index (κ1) is 19.3. The molecular weight excluding hydrogens is 369 g/mol. The van der Waals surface area contributed by atoms with Gasteiger partial charge in [0.05, 0.1) is 6.61 Å². The third-order valence-corrected chi connectivity index (χ3v) is 5.25. The molecule has 0 spiro atoms. The Balaban J connectivity index is 1.41. The molecule has 0 amide bonds. The van der Waals surface area contributed by atoms with E-state index in [0.717, 1.165) is 47.7 Å². The summed E-state index contributed by atoms with van der Waals surface area (Å²) in [6.45, 7) is 3.49. The Morgan fingerprint density at radius 2 is 1.38 bits per heavy atom. The van der Waals surface area contributed by atoms with Gasteiger partial charge in [-0.05, 0) is 74.3 Å². The Hall–Kier alpha value is -1.42. The van der Waals surface area contributed by atoms with E-state index in [9.17, 15) is 0 Å². The third-order valence-electron chi connectivity index (χ3n) is 4.74. The van der Waals surface area contributed by atoms with Crippen LogP contribution < -0.4 is 9.47 Å². The largest absolute Gasteiger partial charge is 0.494 e. The Kier molecular flexibility index (Phi) is 7.48. The fourth-order valence-electron chi connectivity index (χ4n) is 3.34. The number of hydrogen-bond acceptors (Lipinski definition) is 3. The second kappa shape index (κ2) is 10.1. The second-order valence-electron chi connectivity index (χ2n) is 6.58. The number of hydrogen-bond donors (Lipinski definition) is 0. The van der Waals surface area contributed by atoms with Gasteiger partial charge in [0.1, 0.15) is 18.1 Å². The van der Waals surface area contributed by atoms with Crippen LogP contribution in [-0.2, 0) is 0 Å². The Labute approximate surface area is 165 Å². The quantitative estimate of drug-likeness (QED) is 0.574. The summed E-state index contributed by atoms with van der Waals surface area (Å²) in [7, 11) is 0. The van der Waals surface area contributed by atoms with Crippen molar-refractivity contribution in [2.45, 2.75) is 31.7 Å². The molecule has 3 rings (SSSR count). The SMILES string of the molecule is Clc1ccc(OCCC2CCCCN2CCOc2ccc(Cl)cc2)cc1. The maximum Gasteiger partial charge on any atom is 0.119 e. The summed E-state index contributed by atoms with van der Waals surface area (Å²) in [5, 5.41) is 1.46. The molecule has 0 aliphatic carbocycles. The van der Waals surface area contributed by atoms with Crippen molar-refractivity contribution in [1.29, 1.82) is 0 Å². The maximum absolute atomic E-state index is 5.91. The zero-order valence-electron chi connectivity index (χ0n) is 14.9. The molecule has 1 fully saturated rings. The van der Waals surface area contributed by atoms with Gasteiger partial charge in [0.15, 0.2) is 0 Å². The minimum absolute atomic E-state index is 0.560. The molecule has 0 saturated carbocycles. The summed E-state index contributed by atoms with van der Waals surface area (Å²) < 4.78 is 11.7. The van der Waals surface area contributed by atoms with Crippen LogP contribution in [0.15, 0.2) is 48.5 Å². The molecule has 3 nitrogen and oxygen atoms in total. The van der Waals surface area contributed by atoms with E-state index in [4.69, 9.17) is 32.7 Å². The van der Waals surface area contributed by atoms with Gasteiger partial charge in [0.2, 0.25) is 0 Å². The van der Waals surface area contributed by atoms with Gasteiger partial charge in [-0.2, -0.15) is 0 Å². The fourth-order valence-corrected chi connectivity index (χ4v) is 3.59. The molecule has 0 N–H and O–H groups in total. The van der Waals surface area contributed by atoms with E-state index in [1.807, 2.05) is 48.5 Å². The lowest BCUT2D eigenvalue weighted by Crippen LogP contribution is -2.42. The molecule has 1 unspecified atom stereocenters. The van der Waals surface area contributed by atoms with Crippen LogP contribution in [0.4, 0.5) is 0 Å². The van der Waals surface area contributed by atoms with Gasteiger partial charge in [-0.25, -0.2) is 0 Å². The molecule has 5 heteroatoms. The number of halogens is 2. The van der Waals surface area contributed by atoms with E-state index in [0.29, 0.717) is 12.6 Å². The fraction of sp³-hybridized carbons (Fsp3) is 0.429. The lowest BCUT2D eigenvalue weighted by Gasteiger charge is -2.35. The highest BCUT2D eigenvalue weighted by Crippen LogP contribution is 2.21. The first-order valence-electron chi connectivity index (χ1n) is 9.21. The van der Waals surface area contributed by atoms with Crippen molar-refractivity contribution in [2.75, 3.05) is 26.3 Å². The van der Waals surface area contributed by atoms with Crippen LogP contribution in [0, 0.1) is 0 Å². The van der Waals surface area contributed by atoms with Gasteiger partial charge < -0.3 is 9.47 Å². The highest BCUT2D eigenvalue weighted by molar-refractivity contribution is 6.30. The molecule has 140 valence electrons. The first-order valence-corrected chi connectivity index (χ1v) is 9.97. The van der Waals surface area contributed by atoms with Crippen molar-refractivity contribution in [1.82, 2.24) is 4.90 Å². The van der Waals surface area contributed by atoms with Gasteiger partial charge in [0.25, 0.3) is 0 Å². The molecule has 1 aliphatic rings. The minimum atomic E-state index is 0.560. The van der Waals surface area contributed by atoms with Crippen LogP contribution in [0.25, 0.3) is 0 Å². The van der Waals surface area contributed by atoms with Gasteiger partial charge in [-0.15, -0.1) is 0 Å². The van der Waals surface area contributed by atoms with Crippen LogP contribution in [0.1, 0.15) is 25.7 Å². The Morgan fingerprint density at radius 1 is 0.808 bits per heavy atom. The van der Waals surface area contributed by atoms with Crippen molar-refractivity contribution in [3.63, 3.8) is 0 Å². The van der Waals surface area contributed by atoms with E-state index in [2.05, 4.69) is 4.90 Å². The molecule has 1 aliphatic heterocycles. The molecule has 1 atom stereocenters. The number of piperidine rings is 1. The van der Waals surface area contributed by atoms with Crippen LogP contribution in [-0.4, -0.2) is 37.2 Å². The lowest BCUT2D eigenvalue weighted by atomic mass is 10.00. The lowest BCUT2D eigenvalue weighted by molar-refractivity contribution is 0.105. The molecule has 2 aromatic carbocycles. The second-order valence-corrected chi connectivity index (χ2v) is 7.45. The molecule has 0 radical (unpaired) electrons. The Morgan fingerprint density at radius 3 is 2.00 bits per heavy atom. The van der Waals surface area contributed by atoms with Crippen molar-refractivity contribution < 1.29 is 9.47 Å². The molecule has 0 aromatic heterocycles. The topological polar surface area (TPSA) is 21.7 Å². The van der Waals surface area contributed by atoms with E-state index in [-0.39, 0.29) is 0 Å². The molecule has 0 bridgehead atoms.